The summed E-state index contributed by atoms with van der Waals surface area (Å²) in [7, 11) is 0. The molecule has 1 aromatic carbocycles. The van der Waals surface area contributed by atoms with E-state index in [1.165, 1.54) is 6.08 Å². The van der Waals surface area contributed by atoms with Crippen LogP contribution in [0.15, 0.2) is 70.1 Å². The summed E-state index contributed by atoms with van der Waals surface area (Å²) in [6.07, 6.45) is 1.52. The van der Waals surface area contributed by atoms with Crippen molar-refractivity contribution < 1.29 is 14.0 Å². The molecular weight excluding hydrogens is 463 g/mol. The quantitative estimate of drug-likeness (QED) is 0.415. The number of benzene rings is 1. The van der Waals surface area contributed by atoms with Crippen LogP contribution in [-0.4, -0.2) is 11.8 Å². The van der Waals surface area contributed by atoms with Gasteiger partial charge in [0.25, 0.3) is 11.8 Å². The highest BCUT2D eigenvalue weighted by Gasteiger charge is 2.15. The lowest BCUT2D eigenvalue weighted by molar-refractivity contribution is -0.117. The van der Waals surface area contributed by atoms with Crippen LogP contribution >= 0.6 is 33.9 Å². The van der Waals surface area contributed by atoms with Gasteiger partial charge in [0.15, 0.2) is 3.77 Å². The summed E-state index contributed by atoms with van der Waals surface area (Å²) in [4.78, 5) is 26.0. The van der Waals surface area contributed by atoms with Crippen molar-refractivity contribution in [1.29, 1.82) is 0 Å². The Labute approximate surface area is 168 Å². The highest BCUT2D eigenvalue weighted by atomic mass is 127. The van der Waals surface area contributed by atoms with E-state index in [0.29, 0.717) is 21.6 Å². The van der Waals surface area contributed by atoms with Gasteiger partial charge in [-0.05, 0) is 58.3 Å². The van der Waals surface area contributed by atoms with Gasteiger partial charge in [0, 0.05) is 16.5 Å². The largest absolute Gasteiger partial charge is 0.451 e. The topological polar surface area (TPSA) is 71.3 Å². The van der Waals surface area contributed by atoms with Gasteiger partial charge in [-0.15, -0.1) is 11.3 Å². The third-order valence-corrected chi connectivity index (χ3v) is 4.87. The van der Waals surface area contributed by atoms with Crippen LogP contribution in [0.4, 0.5) is 0 Å². The minimum atomic E-state index is -0.380. The van der Waals surface area contributed by atoms with Gasteiger partial charge < -0.3 is 15.1 Å². The van der Waals surface area contributed by atoms with Crippen molar-refractivity contribution in [3.8, 4) is 0 Å². The van der Waals surface area contributed by atoms with Gasteiger partial charge in [-0.2, -0.15) is 0 Å². The number of amides is 2. The molecule has 2 heterocycles. The van der Waals surface area contributed by atoms with E-state index in [0.717, 1.165) is 4.88 Å². The number of hydrogen-bond donors (Lipinski definition) is 2. The molecule has 2 N–H and O–H groups in total. The minimum absolute atomic E-state index is 0.126. The Morgan fingerprint density at radius 2 is 1.88 bits per heavy atom. The van der Waals surface area contributed by atoms with Crippen LogP contribution in [0, 0.1) is 3.77 Å². The van der Waals surface area contributed by atoms with E-state index in [9.17, 15) is 9.59 Å². The number of nitrogens with one attached hydrogen (secondary N) is 2. The van der Waals surface area contributed by atoms with Gasteiger partial charge >= 0.3 is 0 Å². The number of carbonyl (C=O) groups is 2. The smallest absolute Gasteiger partial charge is 0.268 e. The van der Waals surface area contributed by atoms with Crippen molar-refractivity contribution in [2.75, 3.05) is 0 Å². The van der Waals surface area contributed by atoms with E-state index in [1.54, 1.807) is 47.7 Å². The fraction of sp³-hybridized carbons (Fsp3) is 0.0526. The molecule has 0 radical (unpaired) electrons. The Hall–Kier alpha value is -2.39. The van der Waals surface area contributed by atoms with E-state index < -0.39 is 0 Å². The standard InChI is InChI=1S/C19H15IN2O3S/c20-17-9-8-14(25-17)11-16(19(24)21-12-15-7-4-10-26-15)22-18(23)13-5-2-1-3-6-13/h1-11H,12H2,(H,21,24)(H,22,23)/b16-11-. The summed E-state index contributed by atoms with van der Waals surface area (Å²) in [5.74, 6) is -0.248. The third kappa shape index (κ3) is 5.06. The molecule has 0 spiro atoms. The van der Waals surface area contributed by atoms with Crippen molar-refractivity contribution in [1.82, 2.24) is 10.6 Å². The van der Waals surface area contributed by atoms with Crippen LogP contribution in [0.25, 0.3) is 6.08 Å². The van der Waals surface area contributed by atoms with Crippen molar-refractivity contribution in [3.63, 3.8) is 0 Å². The molecule has 132 valence electrons. The van der Waals surface area contributed by atoms with Crippen molar-refractivity contribution >= 4 is 51.8 Å². The van der Waals surface area contributed by atoms with Crippen molar-refractivity contribution in [2.24, 2.45) is 0 Å². The maximum Gasteiger partial charge on any atom is 0.268 e. The van der Waals surface area contributed by atoms with Gasteiger partial charge in [-0.3, -0.25) is 9.59 Å². The predicted octanol–water partition coefficient (Wildman–Crippen LogP) is 4.03. The fourth-order valence-electron chi connectivity index (χ4n) is 2.17. The molecule has 0 saturated carbocycles. The first kappa shape index (κ1) is 18.4. The average molecular weight is 478 g/mol. The SMILES string of the molecule is O=C(NCc1cccs1)/C(=C/c1ccc(I)o1)NC(=O)c1ccccc1. The zero-order chi connectivity index (χ0) is 18.4. The van der Waals surface area contributed by atoms with E-state index in [4.69, 9.17) is 4.42 Å². The zero-order valence-corrected chi connectivity index (χ0v) is 16.5. The first-order valence-electron chi connectivity index (χ1n) is 7.76. The van der Waals surface area contributed by atoms with Crippen LogP contribution < -0.4 is 10.6 Å². The van der Waals surface area contributed by atoms with Crippen LogP contribution in [0.5, 0.6) is 0 Å². The van der Waals surface area contributed by atoms with Crippen molar-refractivity contribution in [2.45, 2.75) is 6.54 Å². The molecule has 3 rings (SSSR count). The fourth-order valence-corrected chi connectivity index (χ4v) is 3.24. The molecule has 0 atom stereocenters. The molecule has 7 heteroatoms. The number of thiophene rings is 1. The highest BCUT2D eigenvalue weighted by molar-refractivity contribution is 14.1. The Morgan fingerprint density at radius 1 is 1.08 bits per heavy atom. The minimum Gasteiger partial charge on any atom is -0.451 e. The summed E-state index contributed by atoms with van der Waals surface area (Å²) in [6, 6.07) is 16.1. The second-order valence-corrected chi connectivity index (χ2v) is 7.38. The highest BCUT2D eigenvalue weighted by Crippen LogP contribution is 2.14. The molecule has 5 nitrogen and oxygen atoms in total. The number of carbonyl (C=O) groups excluding carboxylic acids is 2. The van der Waals surface area contributed by atoms with Crippen molar-refractivity contribution in [3.05, 3.63) is 85.6 Å². The normalized spacial score (nSPS) is 11.2. The Morgan fingerprint density at radius 3 is 2.54 bits per heavy atom. The van der Waals surface area contributed by atoms with E-state index in [-0.39, 0.29) is 17.5 Å². The molecule has 2 aromatic heterocycles. The third-order valence-electron chi connectivity index (χ3n) is 3.41. The van der Waals surface area contributed by atoms with Gasteiger partial charge in [-0.1, -0.05) is 24.3 Å². The lowest BCUT2D eigenvalue weighted by atomic mass is 10.2. The first-order valence-corrected chi connectivity index (χ1v) is 9.71. The molecule has 2 amide bonds. The van der Waals surface area contributed by atoms with E-state index in [2.05, 4.69) is 10.6 Å². The van der Waals surface area contributed by atoms with Gasteiger partial charge in [0.2, 0.25) is 0 Å². The van der Waals surface area contributed by atoms with Crippen LogP contribution in [0.1, 0.15) is 21.0 Å². The van der Waals surface area contributed by atoms with E-state index >= 15 is 0 Å². The lowest BCUT2D eigenvalue weighted by Gasteiger charge is -2.10. The number of rotatable bonds is 6. The molecule has 26 heavy (non-hydrogen) atoms. The maximum atomic E-state index is 12.6. The molecule has 0 saturated heterocycles. The molecular formula is C19H15IN2O3S. The second kappa shape index (κ2) is 8.81. The molecule has 0 aliphatic carbocycles. The Balaban J connectivity index is 1.78. The molecule has 0 aliphatic rings. The molecule has 0 aliphatic heterocycles. The zero-order valence-electron chi connectivity index (χ0n) is 13.6. The van der Waals surface area contributed by atoms with Crippen LogP contribution in [0.2, 0.25) is 0 Å². The van der Waals surface area contributed by atoms with Gasteiger partial charge in [-0.25, -0.2) is 0 Å². The van der Waals surface area contributed by atoms with Gasteiger partial charge in [0.1, 0.15) is 11.5 Å². The first-order chi connectivity index (χ1) is 12.6. The molecule has 0 fully saturated rings. The maximum absolute atomic E-state index is 12.6. The van der Waals surface area contributed by atoms with Gasteiger partial charge in [0.05, 0.1) is 6.54 Å². The molecule has 0 bridgehead atoms. The summed E-state index contributed by atoms with van der Waals surface area (Å²) in [5.41, 5.74) is 0.597. The average Bonchev–Trinajstić information content (AvgIpc) is 3.31. The number of furan rings is 1. The lowest BCUT2D eigenvalue weighted by Crippen LogP contribution is -2.34. The number of hydrogen-bond acceptors (Lipinski definition) is 4. The second-order valence-electron chi connectivity index (χ2n) is 5.28. The summed E-state index contributed by atoms with van der Waals surface area (Å²) >= 11 is 3.59. The monoisotopic (exact) mass is 478 g/mol. The summed E-state index contributed by atoms with van der Waals surface area (Å²) in [5, 5.41) is 7.43. The van der Waals surface area contributed by atoms with Crippen LogP contribution in [-0.2, 0) is 11.3 Å². The number of halogens is 1. The van der Waals surface area contributed by atoms with Crippen LogP contribution in [0.3, 0.4) is 0 Å². The predicted molar refractivity (Wildman–Crippen MR) is 109 cm³/mol. The summed E-state index contributed by atoms with van der Waals surface area (Å²) < 4.78 is 6.18. The Kier molecular flexibility index (Phi) is 6.24. The molecule has 0 unspecified atom stereocenters. The Bertz CT molecular complexity index is 917. The van der Waals surface area contributed by atoms with E-state index in [1.807, 2.05) is 46.2 Å². The molecule has 3 aromatic rings. The summed E-state index contributed by atoms with van der Waals surface area (Å²) in [6.45, 7) is 0.394.